The number of aryl methyl sites for hydroxylation is 3. The van der Waals surface area contributed by atoms with Crippen LogP contribution in [0.15, 0.2) is 21.7 Å². The van der Waals surface area contributed by atoms with Gasteiger partial charge in [-0.15, -0.1) is 0 Å². The van der Waals surface area contributed by atoms with E-state index in [-0.39, 0.29) is 11.3 Å². The van der Waals surface area contributed by atoms with Gasteiger partial charge in [0.25, 0.3) is 5.56 Å². The van der Waals surface area contributed by atoms with Crippen molar-refractivity contribution in [2.75, 3.05) is 20.6 Å². The molecule has 1 aromatic carbocycles. The molecule has 2 aliphatic heterocycles. The number of quaternary nitrogens is 1. The van der Waals surface area contributed by atoms with E-state index < -0.39 is 5.69 Å². The Bertz CT molecular complexity index is 1060. The number of hydrogen-bond acceptors (Lipinski definition) is 4. The largest absolute Gasteiger partial charge is 0.352 e. The SMILES string of the molecule is CCCCn1c2nc(=O)n(CC[NH+](C)C)c(=O)c-2nc2cc(C)c(C)cc21. The topological polar surface area (TPSA) is 74.2 Å². The van der Waals surface area contributed by atoms with Gasteiger partial charge < -0.3 is 9.47 Å². The van der Waals surface area contributed by atoms with Crippen LogP contribution >= 0.6 is 0 Å². The van der Waals surface area contributed by atoms with E-state index in [1.165, 1.54) is 4.57 Å². The summed E-state index contributed by atoms with van der Waals surface area (Å²) in [5.41, 5.74) is 3.39. The van der Waals surface area contributed by atoms with Gasteiger partial charge in [0.05, 0.1) is 38.2 Å². The standard InChI is InChI=1S/C20H27N5O2/c1-6-7-8-24-16-12-14(3)13(2)11-15(16)21-17-18(24)22-20(27)25(19(17)26)10-9-23(4)5/h11-12H,6-10H2,1-5H3/p+1. The van der Waals surface area contributed by atoms with Gasteiger partial charge in [-0.2, -0.15) is 4.98 Å². The molecule has 3 rings (SSSR count). The highest BCUT2D eigenvalue weighted by atomic mass is 16.2. The lowest BCUT2D eigenvalue weighted by molar-refractivity contribution is -0.859. The molecule has 0 fully saturated rings. The molecular weight excluding hydrogens is 342 g/mol. The minimum Gasteiger partial charge on any atom is -0.338 e. The van der Waals surface area contributed by atoms with E-state index in [1.54, 1.807) is 0 Å². The number of hydrogen-bond donors (Lipinski definition) is 1. The number of nitrogens with one attached hydrogen (secondary N) is 1. The van der Waals surface area contributed by atoms with Crippen LogP contribution in [0.3, 0.4) is 0 Å². The van der Waals surface area contributed by atoms with E-state index in [1.807, 2.05) is 31.7 Å². The average Bonchev–Trinajstić information content (AvgIpc) is 2.60. The van der Waals surface area contributed by atoms with Gasteiger partial charge in [-0.3, -0.25) is 9.36 Å². The first kappa shape index (κ1) is 19.2. The highest BCUT2D eigenvalue weighted by Gasteiger charge is 2.22. The van der Waals surface area contributed by atoms with Gasteiger partial charge >= 0.3 is 5.69 Å². The zero-order valence-electron chi connectivity index (χ0n) is 16.8. The van der Waals surface area contributed by atoms with Crippen LogP contribution < -0.4 is 16.1 Å². The Morgan fingerprint density at radius 1 is 1.00 bits per heavy atom. The van der Waals surface area contributed by atoms with Gasteiger partial charge in [-0.25, -0.2) is 9.78 Å². The Hall–Kier alpha value is -2.54. The number of aromatic nitrogens is 4. The number of fused-ring (bicyclic) bond motifs is 2. The van der Waals surface area contributed by atoms with Crippen LogP contribution in [0.5, 0.6) is 0 Å². The Labute approximate surface area is 158 Å². The van der Waals surface area contributed by atoms with Crippen LogP contribution in [0.4, 0.5) is 0 Å². The predicted octanol–water partition coefficient (Wildman–Crippen LogP) is 0.619. The van der Waals surface area contributed by atoms with Crippen LogP contribution in [-0.4, -0.2) is 39.7 Å². The van der Waals surface area contributed by atoms with E-state index in [0.717, 1.165) is 39.9 Å². The first-order valence-electron chi connectivity index (χ1n) is 9.54. The van der Waals surface area contributed by atoms with Crippen LogP contribution in [0, 0.1) is 13.8 Å². The monoisotopic (exact) mass is 370 g/mol. The Morgan fingerprint density at radius 2 is 1.70 bits per heavy atom. The molecule has 0 aliphatic carbocycles. The van der Waals surface area contributed by atoms with Crippen LogP contribution in [0.1, 0.15) is 30.9 Å². The van der Waals surface area contributed by atoms with Crippen molar-refractivity contribution in [3.05, 3.63) is 44.1 Å². The maximum absolute atomic E-state index is 13.0. The van der Waals surface area contributed by atoms with Gasteiger partial charge in [-0.05, 0) is 43.5 Å². The molecule has 0 saturated heterocycles. The van der Waals surface area contributed by atoms with Gasteiger partial charge in [0.15, 0.2) is 11.5 Å². The summed E-state index contributed by atoms with van der Waals surface area (Å²) in [6.07, 6.45) is 1.95. The highest BCUT2D eigenvalue weighted by molar-refractivity contribution is 5.81. The zero-order chi connectivity index (χ0) is 19.7. The normalized spacial score (nSPS) is 11.8. The van der Waals surface area contributed by atoms with Crippen molar-refractivity contribution in [1.82, 2.24) is 19.1 Å². The summed E-state index contributed by atoms with van der Waals surface area (Å²) in [4.78, 5) is 35.6. The van der Waals surface area contributed by atoms with E-state index in [2.05, 4.69) is 29.9 Å². The van der Waals surface area contributed by atoms with Crippen molar-refractivity contribution in [1.29, 1.82) is 0 Å². The minimum absolute atomic E-state index is 0.273. The summed E-state index contributed by atoms with van der Waals surface area (Å²) in [6.45, 7) is 7.91. The minimum atomic E-state index is -0.496. The molecule has 0 atom stereocenters. The molecule has 1 aromatic rings. The summed E-state index contributed by atoms with van der Waals surface area (Å²) < 4.78 is 3.19. The van der Waals surface area contributed by atoms with Crippen LogP contribution in [-0.2, 0) is 13.1 Å². The third-order valence-corrected chi connectivity index (χ3v) is 5.03. The Balaban J connectivity index is 2.34. The number of likely N-dealkylation sites (N-methyl/N-ethyl adjacent to an activating group) is 1. The van der Waals surface area contributed by atoms with E-state index in [0.29, 0.717) is 25.5 Å². The molecule has 1 N–H and O–H groups in total. The summed E-state index contributed by atoms with van der Waals surface area (Å²) in [6, 6.07) is 4.07. The van der Waals surface area contributed by atoms with E-state index in [9.17, 15) is 9.59 Å². The summed E-state index contributed by atoms with van der Waals surface area (Å²) in [7, 11) is 3.97. The van der Waals surface area contributed by atoms with E-state index >= 15 is 0 Å². The maximum atomic E-state index is 13.0. The fourth-order valence-corrected chi connectivity index (χ4v) is 3.20. The zero-order valence-corrected chi connectivity index (χ0v) is 16.8. The van der Waals surface area contributed by atoms with Gasteiger partial charge in [-0.1, -0.05) is 13.3 Å². The molecule has 7 nitrogen and oxygen atoms in total. The maximum Gasteiger partial charge on any atom is 0.352 e. The molecule has 0 radical (unpaired) electrons. The van der Waals surface area contributed by atoms with Crippen molar-refractivity contribution in [2.45, 2.75) is 46.7 Å². The highest BCUT2D eigenvalue weighted by Crippen LogP contribution is 2.24. The van der Waals surface area contributed by atoms with Crippen molar-refractivity contribution >= 4 is 11.0 Å². The molecule has 27 heavy (non-hydrogen) atoms. The van der Waals surface area contributed by atoms with Crippen molar-refractivity contribution in [2.24, 2.45) is 0 Å². The second-order valence-corrected chi connectivity index (χ2v) is 7.52. The molecule has 0 saturated carbocycles. The summed E-state index contributed by atoms with van der Waals surface area (Å²) >= 11 is 0. The molecular formula is C20H28N5O2+. The number of benzene rings is 1. The molecule has 0 spiro atoms. The average molecular weight is 370 g/mol. The molecule has 7 heteroatoms. The van der Waals surface area contributed by atoms with Gasteiger partial charge in [0.2, 0.25) is 0 Å². The number of unbranched alkanes of at least 4 members (excludes halogenated alkanes) is 1. The lowest BCUT2D eigenvalue weighted by Crippen LogP contribution is -3.06. The van der Waals surface area contributed by atoms with Gasteiger partial charge in [0.1, 0.15) is 0 Å². The number of nitrogens with zero attached hydrogens (tertiary/aromatic N) is 4. The van der Waals surface area contributed by atoms with Crippen LogP contribution in [0.25, 0.3) is 22.6 Å². The second kappa shape index (κ2) is 7.60. The third kappa shape index (κ3) is 3.64. The lowest BCUT2D eigenvalue weighted by Gasteiger charge is -2.19. The quantitative estimate of drug-likeness (QED) is 0.646. The summed E-state index contributed by atoms with van der Waals surface area (Å²) in [5.74, 6) is 0.391. The van der Waals surface area contributed by atoms with Crippen molar-refractivity contribution < 1.29 is 4.90 Å². The molecule has 0 unspecified atom stereocenters. The number of rotatable bonds is 6. The lowest BCUT2D eigenvalue weighted by atomic mass is 10.1. The molecule has 0 aromatic heterocycles. The molecule has 2 aliphatic rings. The second-order valence-electron chi connectivity index (χ2n) is 7.52. The molecule has 2 heterocycles. The Kier molecular flexibility index (Phi) is 5.41. The molecule has 0 bridgehead atoms. The fraction of sp³-hybridized carbons (Fsp3) is 0.500. The smallest absolute Gasteiger partial charge is 0.338 e. The third-order valence-electron chi connectivity index (χ3n) is 5.03. The first-order valence-corrected chi connectivity index (χ1v) is 9.54. The molecule has 144 valence electrons. The molecule has 0 amide bonds. The van der Waals surface area contributed by atoms with Crippen LogP contribution in [0.2, 0.25) is 0 Å². The van der Waals surface area contributed by atoms with Gasteiger partial charge in [0, 0.05) is 6.54 Å². The predicted molar refractivity (Wildman–Crippen MR) is 107 cm³/mol. The first-order chi connectivity index (χ1) is 12.8. The van der Waals surface area contributed by atoms with E-state index in [4.69, 9.17) is 0 Å². The summed E-state index contributed by atoms with van der Waals surface area (Å²) in [5, 5.41) is 0. The van der Waals surface area contributed by atoms with Crippen molar-refractivity contribution in [3.8, 4) is 11.5 Å². The Morgan fingerprint density at radius 3 is 2.37 bits per heavy atom. The van der Waals surface area contributed by atoms with Crippen molar-refractivity contribution in [3.63, 3.8) is 0 Å². The fourth-order valence-electron chi connectivity index (χ4n) is 3.20.